The molecule has 0 aromatic rings. The van der Waals surface area contributed by atoms with Crippen LogP contribution in [0.25, 0.3) is 0 Å². The molecule has 0 aromatic carbocycles. The predicted octanol–water partition coefficient (Wildman–Crippen LogP) is 3.28. The molecule has 114 valence electrons. The fourth-order valence-electron chi connectivity index (χ4n) is 2.24. The maximum Gasteiger partial charge on any atom is 0.246 e. The number of nitrogens with one attached hydrogen (secondary N) is 1. The van der Waals surface area contributed by atoms with Crippen LogP contribution in [0.1, 0.15) is 65.2 Å². The number of unbranched alkanes of at least 4 members (excludes halogenated alkanes) is 1. The Morgan fingerprint density at radius 2 is 2.15 bits per heavy atom. The molecular formula is C17H29NO2. The van der Waals surface area contributed by atoms with Gasteiger partial charge in [-0.2, -0.15) is 0 Å². The highest BCUT2D eigenvalue weighted by atomic mass is 16.5. The molecule has 0 radical (unpaired) electrons. The number of carbonyl (C=O) groups is 1. The summed E-state index contributed by atoms with van der Waals surface area (Å²) in [5, 5.41) is 2.91. The van der Waals surface area contributed by atoms with E-state index in [9.17, 15) is 4.79 Å². The van der Waals surface area contributed by atoms with Crippen LogP contribution in [-0.2, 0) is 9.53 Å². The van der Waals surface area contributed by atoms with E-state index in [2.05, 4.69) is 31.0 Å². The van der Waals surface area contributed by atoms with Crippen LogP contribution in [-0.4, -0.2) is 25.2 Å². The first-order valence-corrected chi connectivity index (χ1v) is 8.05. The minimum Gasteiger partial charge on any atom is -0.356 e. The quantitative estimate of drug-likeness (QED) is 0.547. The van der Waals surface area contributed by atoms with E-state index in [1.165, 1.54) is 25.7 Å². The van der Waals surface area contributed by atoms with Gasteiger partial charge in [0.25, 0.3) is 0 Å². The summed E-state index contributed by atoms with van der Waals surface area (Å²) in [5.74, 6) is 6.97. The standard InChI is InChI=1S/C17H29NO2/c1-15(2)10-8-9-13-18-17(19)14-20-16-11-6-4-3-5-7-12-16/h15-16H,3-6,8-11,13-14H2,1-2H3,(H,18,19). The fraction of sp³-hybridized carbons (Fsp3) is 0.824. The molecule has 1 amide bonds. The van der Waals surface area contributed by atoms with Crippen molar-refractivity contribution in [1.82, 2.24) is 5.32 Å². The van der Waals surface area contributed by atoms with E-state index in [-0.39, 0.29) is 18.6 Å². The molecule has 3 heteroatoms. The van der Waals surface area contributed by atoms with Crippen molar-refractivity contribution in [3.63, 3.8) is 0 Å². The van der Waals surface area contributed by atoms with Gasteiger partial charge in [-0.15, -0.1) is 5.92 Å². The summed E-state index contributed by atoms with van der Waals surface area (Å²) in [4.78, 5) is 11.7. The van der Waals surface area contributed by atoms with Crippen LogP contribution in [0, 0.1) is 17.8 Å². The second kappa shape index (κ2) is 10.7. The minimum atomic E-state index is -0.0537. The lowest BCUT2D eigenvalue weighted by atomic mass is 10.1. The van der Waals surface area contributed by atoms with Gasteiger partial charge >= 0.3 is 0 Å². The zero-order chi connectivity index (χ0) is 14.6. The first kappa shape index (κ1) is 17.0. The maximum absolute atomic E-state index is 11.7. The summed E-state index contributed by atoms with van der Waals surface area (Å²) in [6, 6.07) is 0. The zero-order valence-corrected chi connectivity index (χ0v) is 13.0. The molecule has 1 rings (SSSR count). The van der Waals surface area contributed by atoms with E-state index in [1.807, 2.05) is 0 Å². The van der Waals surface area contributed by atoms with Crippen LogP contribution in [0.15, 0.2) is 0 Å². The van der Waals surface area contributed by atoms with Gasteiger partial charge in [-0.05, 0) is 31.6 Å². The van der Waals surface area contributed by atoms with E-state index in [0.29, 0.717) is 0 Å². The SMILES string of the molecule is CC(C)CCCCNC(=O)COC1C#CCCCCC1. The Morgan fingerprint density at radius 1 is 1.30 bits per heavy atom. The Morgan fingerprint density at radius 3 is 2.95 bits per heavy atom. The largest absolute Gasteiger partial charge is 0.356 e. The van der Waals surface area contributed by atoms with Gasteiger partial charge in [0, 0.05) is 13.0 Å². The van der Waals surface area contributed by atoms with E-state index in [1.54, 1.807) is 0 Å². The molecular weight excluding hydrogens is 250 g/mol. The van der Waals surface area contributed by atoms with Crippen LogP contribution in [0.3, 0.4) is 0 Å². The Hall–Kier alpha value is -1.01. The molecule has 0 spiro atoms. The van der Waals surface area contributed by atoms with Gasteiger partial charge in [-0.1, -0.05) is 39.0 Å². The normalized spacial score (nSPS) is 18.9. The van der Waals surface area contributed by atoms with E-state index in [4.69, 9.17) is 4.74 Å². The number of hydrogen-bond donors (Lipinski definition) is 1. The Labute approximate surface area is 123 Å². The van der Waals surface area contributed by atoms with Gasteiger partial charge in [-0.25, -0.2) is 0 Å². The summed E-state index contributed by atoms with van der Waals surface area (Å²) in [6.45, 7) is 5.35. The lowest BCUT2D eigenvalue weighted by molar-refractivity contribution is -0.126. The lowest BCUT2D eigenvalue weighted by Gasteiger charge is -2.13. The van der Waals surface area contributed by atoms with E-state index < -0.39 is 0 Å². The lowest BCUT2D eigenvalue weighted by Crippen LogP contribution is -2.30. The second-order valence-electron chi connectivity index (χ2n) is 5.96. The molecule has 0 saturated heterocycles. The first-order chi connectivity index (χ1) is 9.68. The third-order valence-electron chi connectivity index (χ3n) is 3.48. The van der Waals surface area contributed by atoms with Gasteiger partial charge in [0.2, 0.25) is 5.91 Å². The number of ether oxygens (including phenoxy) is 1. The molecule has 0 heterocycles. The van der Waals surface area contributed by atoms with Crippen molar-refractivity contribution in [3.8, 4) is 11.8 Å². The van der Waals surface area contributed by atoms with Crippen LogP contribution in [0.5, 0.6) is 0 Å². The predicted molar refractivity (Wildman–Crippen MR) is 82.3 cm³/mol. The highest BCUT2D eigenvalue weighted by molar-refractivity contribution is 5.77. The van der Waals surface area contributed by atoms with Gasteiger partial charge in [0.1, 0.15) is 12.7 Å². The summed E-state index contributed by atoms with van der Waals surface area (Å²) in [6.07, 6.45) is 8.87. The number of amides is 1. The van der Waals surface area contributed by atoms with Crippen molar-refractivity contribution in [2.75, 3.05) is 13.2 Å². The van der Waals surface area contributed by atoms with Crippen LogP contribution in [0.2, 0.25) is 0 Å². The van der Waals surface area contributed by atoms with Crippen LogP contribution in [0.4, 0.5) is 0 Å². The molecule has 0 aliphatic heterocycles. The van der Waals surface area contributed by atoms with E-state index >= 15 is 0 Å². The molecule has 3 nitrogen and oxygen atoms in total. The monoisotopic (exact) mass is 279 g/mol. The van der Waals surface area contributed by atoms with Gasteiger partial charge in [0.05, 0.1) is 0 Å². The van der Waals surface area contributed by atoms with Crippen LogP contribution < -0.4 is 5.32 Å². The van der Waals surface area contributed by atoms with Gasteiger partial charge in [-0.3, -0.25) is 4.79 Å². The Kier molecular flexibility index (Phi) is 9.15. The summed E-state index contributed by atoms with van der Waals surface area (Å²) in [7, 11) is 0. The van der Waals surface area contributed by atoms with Crippen LogP contribution >= 0.6 is 0 Å². The molecule has 0 aromatic heterocycles. The third kappa shape index (κ3) is 8.98. The summed E-state index contributed by atoms with van der Waals surface area (Å²) < 4.78 is 5.59. The third-order valence-corrected chi connectivity index (χ3v) is 3.48. The van der Waals surface area contributed by atoms with Crippen molar-refractivity contribution in [2.24, 2.45) is 5.92 Å². The smallest absolute Gasteiger partial charge is 0.246 e. The van der Waals surface area contributed by atoms with Gasteiger partial charge in [0.15, 0.2) is 0 Å². The summed E-state index contributed by atoms with van der Waals surface area (Å²) >= 11 is 0. The average Bonchev–Trinajstić information content (AvgIpc) is 2.36. The second-order valence-corrected chi connectivity index (χ2v) is 5.96. The van der Waals surface area contributed by atoms with Crippen molar-refractivity contribution in [1.29, 1.82) is 0 Å². The highest BCUT2D eigenvalue weighted by Crippen LogP contribution is 2.10. The molecule has 1 atom stereocenters. The van der Waals surface area contributed by atoms with E-state index in [0.717, 1.165) is 38.1 Å². The molecule has 0 bridgehead atoms. The zero-order valence-electron chi connectivity index (χ0n) is 13.0. The number of carbonyl (C=O) groups excluding carboxylic acids is 1. The maximum atomic E-state index is 11.7. The van der Waals surface area contributed by atoms with Crippen molar-refractivity contribution in [2.45, 2.75) is 71.3 Å². The Bertz CT molecular complexity index is 328. The minimum absolute atomic E-state index is 0.0154. The molecule has 20 heavy (non-hydrogen) atoms. The first-order valence-electron chi connectivity index (χ1n) is 8.05. The van der Waals surface area contributed by atoms with Crippen molar-refractivity contribution in [3.05, 3.63) is 0 Å². The molecule has 1 aliphatic carbocycles. The summed E-state index contributed by atoms with van der Waals surface area (Å²) in [5.41, 5.74) is 0. The van der Waals surface area contributed by atoms with Crippen molar-refractivity contribution >= 4 is 5.91 Å². The molecule has 0 fully saturated rings. The fourth-order valence-corrected chi connectivity index (χ4v) is 2.24. The molecule has 1 unspecified atom stereocenters. The van der Waals surface area contributed by atoms with Crippen molar-refractivity contribution < 1.29 is 9.53 Å². The molecule has 1 N–H and O–H groups in total. The number of rotatable bonds is 8. The topological polar surface area (TPSA) is 38.3 Å². The Balaban J connectivity index is 2.06. The average molecular weight is 279 g/mol. The number of hydrogen-bond acceptors (Lipinski definition) is 2. The molecule has 1 aliphatic rings. The van der Waals surface area contributed by atoms with Gasteiger partial charge < -0.3 is 10.1 Å². The molecule has 0 saturated carbocycles. The highest BCUT2D eigenvalue weighted by Gasteiger charge is 2.09.